The fourth-order valence-corrected chi connectivity index (χ4v) is 8.29. The summed E-state index contributed by atoms with van der Waals surface area (Å²) >= 11 is 0. The number of carbonyl (C=O) groups excluding carboxylic acids is 3. The number of ether oxygens (including phenoxy) is 5. The zero-order chi connectivity index (χ0) is 40.3. The number of cyclic esters (lactones) is 1. The number of nitro groups is 1. The Morgan fingerprint density at radius 3 is 2.44 bits per heavy atom. The highest BCUT2D eigenvalue weighted by Gasteiger charge is 2.60. The zero-order valence-electron chi connectivity index (χ0n) is 33.3. The van der Waals surface area contributed by atoms with Gasteiger partial charge in [0.2, 0.25) is 0 Å². The summed E-state index contributed by atoms with van der Waals surface area (Å²) in [4.78, 5) is 54.2. The standard InChI is InChI=1S/C38H58N4O12/c1-12-28-38(8)32(41(36(46)54-38)39-17-13-14-26-15-16-29(51-26)42(47)48)25(6)30(43)23(4)20-37(7,49-11)33(21(2)18-22(3)34(45)52-28)53-35-31(44)27(40(9)10)19-24(5)50-35/h13-16,18,21,23-25,27-28,31-33,35,39,44H,12,17,19-20H2,1-11H3/b14-13+,22-18-/t21-,23+,24+,25-,27-,28+,31+,32+,33+,35-,37+,38+/m0/s1. The van der Waals surface area contributed by atoms with Gasteiger partial charge in [0.25, 0.3) is 0 Å². The van der Waals surface area contributed by atoms with Gasteiger partial charge in [-0.2, -0.15) is 0 Å². The van der Waals surface area contributed by atoms with Gasteiger partial charge in [-0.15, -0.1) is 0 Å². The molecule has 0 aliphatic carbocycles. The fourth-order valence-electron chi connectivity index (χ4n) is 8.29. The molecule has 0 saturated carbocycles. The molecule has 54 heavy (non-hydrogen) atoms. The van der Waals surface area contributed by atoms with E-state index in [4.69, 9.17) is 28.1 Å². The second kappa shape index (κ2) is 17.4. The Hall–Kier alpha value is -3.67. The number of hydrazine groups is 1. The molecule has 12 atom stereocenters. The van der Waals surface area contributed by atoms with Crippen LogP contribution in [0.15, 0.2) is 34.3 Å². The Labute approximate surface area is 317 Å². The van der Waals surface area contributed by atoms with Crippen LogP contribution in [0.5, 0.6) is 0 Å². The minimum absolute atomic E-state index is 0.0616. The molecule has 16 heteroatoms. The first-order valence-electron chi connectivity index (χ1n) is 18.6. The second-order valence-electron chi connectivity index (χ2n) is 15.5. The number of hydrogen-bond acceptors (Lipinski definition) is 14. The number of hydrogen-bond donors (Lipinski definition) is 2. The van der Waals surface area contributed by atoms with Crippen molar-refractivity contribution in [2.45, 2.75) is 129 Å². The molecule has 0 bridgehead atoms. The van der Waals surface area contributed by atoms with Gasteiger partial charge in [-0.3, -0.25) is 14.9 Å². The van der Waals surface area contributed by atoms with E-state index >= 15 is 0 Å². The Bertz CT molecular complexity index is 1580. The number of furan rings is 1. The number of aliphatic hydroxyl groups excluding tert-OH is 1. The summed E-state index contributed by atoms with van der Waals surface area (Å²) in [5.41, 5.74) is 0.742. The van der Waals surface area contributed by atoms with Gasteiger partial charge in [-0.25, -0.2) is 20.0 Å². The maximum Gasteiger partial charge on any atom is 0.433 e. The van der Waals surface area contributed by atoms with Crippen LogP contribution < -0.4 is 5.43 Å². The third-order valence-corrected chi connectivity index (χ3v) is 11.1. The van der Waals surface area contributed by atoms with Crippen LogP contribution in [-0.2, 0) is 33.3 Å². The predicted molar refractivity (Wildman–Crippen MR) is 197 cm³/mol. The number of likely N-dealkylation sites (N-methyl/N-ethyl adjacent to an activating group) is 1. The van der Waals surface area contributed by atoms with Crippen LogP contribution in [0.25, 0.3) is 6.08 Å². The minimum Gasteiger partial charge on any atom is -0.455 e. The topological polar surface area (TPSA) is 192 Å². The number of esters is 1. The smallest absolute Gasteiger partial charge is 0.433 e. The normalized spacial score (nSPS) is 38.1. The summed E-state index contributed by atoms with van der Waals surface area (Å²) in [6, 6.07) is 1.52. The van der Waals surface area contributed by atoms with E-state index in [0.29, 0.717) is 6.42 Å². The lowest BCUT2D eigenvalue weighted by Crippen LogP contribution is -2.60. The van der Waals surface area contributed by atoms with E-state index in [2.05, 4.69) is 5.43 Å². The molecule has 1 aromatic heterocycles. The average molecular weight is 763 g/mol. The maximum absolute atomic E-state index is 14.5. The third-order valence-electron chi connectivity index (χ3n) is 11.1. The molecule has 1 aromatic rings. The number of methoxy groups -OCH3 is 1. The van der Waals surface area contributed by atoms with Gasteiger partial charge in [0, 0.05) is 43.0 Å². The monoisotopic (exact) mass is 762 g/mol. The first-order valence-corrected chi connectivity index (χ1v) is 18.6. The predicted octanol–water partition coefficient (Wildman–Crippen LogP) is 4.65. The van der Waals surface area contributed by atoms with Gasteiger partial charge in [-0.05, 0) is 73.2 Å². The molecule has 0 spiro atoms. The summed E-state index contributed by atoms with van der Waals surface area (Å²) < 4.78 is 36.3. The van der Waals surface area contributed by atoms with Crippen molar-refractivity contribution in [2.24, 2.45) is 17.8 Å². The molecule has 3 aliphatic rings. The number of amides is 1. The number of ketones is 1. The number of nitrogens with one attached hydrogen (secondary N) is 1. The van der Waals surface area contributed by atoms with Crippen LogP contribution >= 0.6 is 0 Å². The van der Waals surface area contributed by atoms with Crippen molar-refractivity contribution in [1.82, 2.24) is 15.3 Å². The molecule has 1 amide bonds. The summed E-state index contributed by atoms with van der Waals surface area (Å²) in [5.74, 6) is -2.93. The van der Waals surface area contributed by atoms with Crippen molar-refractivity contribution in [3.05, 3.63) is 45.7 Å². The number of Topliss-reactive ketones (excluding diaryl/α,β-unsaturated/α-hetero) is 1. The molecule has 0 radical (unpaired) electrons. The number of nitrogens with zero attached hydrogens (tertiary/aromatic N) is 3. The van der Waals surface area contributed by atoms with Gasteiger partial charge in [-0.1, -0.05) is 39.8 Å². The SMILES string of the molecule is CC[C@H]1OC(=O)/C(C)=C\[C@H](C)[C@@H](O[C@@H]2O[C@H](C)C[C@H](N(C)C)[C@H]2O)[C@](C)(OC)C[C@@H](C)C(=O)[C@H](C)[C@H]2N(NC/C=C/c3ccc([N+](=O)[O-])o3)C(=O)O[C@]12C. The third kappa shape index (κ3) is 9.06. The van der Waals surface area contributed by atoms with Gasteiger partial charge < -0.3 is 38.1 Å². The van der Waals surface area contributed by atoms with Gasteiger partial charge >= 0.3 is 17.9 Å². The van der Waals surface area contributed by atoms with Crippen LogP contribution in [0.4, 0.5) is 10.7 Å². The number of rotatable bonds is 10. The van der Waals surface area contributed by atoms with Crippen molar-refractivity contribution < 1.29 is 52.5 Å². The molecule has 4 rings (SSSR count). The van der Waals surface area contributed by atoms with Crippen molar-refractivity contribution in [1.29, 1.82) is 0 Å². The highest BCUT2D eigenvalue weighted by atomic mass is 16.7. The Morgan fingerprint density at radius 2 is 1.85 bits per heavy atom. The first-order chi connectivity index (χ1) is 25.3. The highest BCUT2D eigenvalue weighted by Crippen LogP contribution is 2.42. The van der Waals surface area contributed by atoms with E-state index in [1.807, 2.05) is 39.8 Å². The molecular formula is C38H58N4O12. The molecule has 302 valence electrons. The van der Waals surface area contributed by atoms with Crippen LogP contribution in [0.3, 0.4) is 0 Å². The number of carbonyl (C=O) groups is 3. The lowest BCUT2D eigenvalue weighted by molar-refractivity contribution is -0.402. The molecule has 2 N–H and O–H groups in total. The lowest BCUT2D eigenvalue weighted by atomic mass is 9.74. The molecule has 16 nitrogen and oxygen atoms in total. The highest BCUT2D eigenvalue weighted by molar-refractivity contribution is 5.88. The van der Waals surface area contributed by atoms with Crippen molar-refractivity contribution >= 4 is 29.8 Å². The maximum atomic E-state index is 14.5. The van der Waals surface area contributed by atoms with Crippen molar-refractivity contribution in [3.63, 3.8) is 0 Å². The fraction of sp³-hybridized carbons (Fsp3) is 0.711. The molecule has 3 aliphatic heterocycles. The largest absolute Gasteiger partial charge is 0.455 e. The summed E-state index contributed by atoms with van der Waals surface area (Å²) in [5, 5.41) is 23.6. The molecular weight excluding hydrogens is 704 g/mol. The van der Waals surface area contributed by atoms with E-state index in [-0.39, 0.29) is 48.6 Å². The van der Waals surface area contributed by atoms with Crippen LogP contribution in [0.2, 0.25) is 0 Å². The Balaban J connectivity index is 1.71. The quantitative estimate of drug-likeness (QED) is 0.190. The molecule has 0 unspecified atom stereocenters. The Kier molecular flexibility index (Phi) is 13.9. The van der Waals surface area contributed by atoms with Gasteiger partial charge in [0.1, 0.15) is 34.7 Å². The molecule has 2 fully saturated rings. The molecule has 2 saturated heterocycles. The van der Waals surface area contributed by atoms with Crippen LogP contribution in [-0.4, -0.2) is 120 Å². The minimum atomic E-state index is -1.45. The zero-order valence-corrected chi connectivity index (χ0v) is 33.3. The van der Waals surface area contributed by atoms with E-state index in [1.165, 1.54) is 30.3 Å². The molecule has 0 aromatic carbocycles. The van der Waals surface area contributed by atoms with Crippen molar-refractivity contribution in [2.75, 3.05) is 27.7 Å². The van der Waals surface area contributed by atoms with Gasteiger partial charge in [0.15, 0.2) is 11.9 Å². The van der Waals surface area contributed by atoms with Crippen LogP contribution in [0, 0.1) is 27.9 Å². The average Bonchev–Trinajstić information content (AvgIpc) is 3.69. The van der Waals surface area contributed by atoms with Crippen molar-refractivity contribution in [3.8, 4) is 0 Å². The summed E-state index contributed by atoms with van der Waals surface area (Å²) in [6.07, 6.45) is 1.20. The van der Waals surface area contributed by atoms with E-state index < -0.39 is 82.5 Å². The van der Waals surface area contributed by atoms with E-state index in [9.17, 15) is 29.6 Å². The lowest BCUT2D eigenvalue weighted by Gasteiger charge is -2.46. The number of fused-ring (bicyclic) bond motifs is 1. The van der Waals surface area contributed by atoms with E-state index in [0.717, 1.165) is 0 Å². The molecule has 4 heterocycles. The van der Waals surface area contributed by atoms with Crippen LogP contribution in [0.1, 0.15) is 80.4 Å². The van der Waals surface area contributed by atoms with Gasteiger partial charge in [0.05, 0.1) is 23.9 Å². The second-order valence-corrected chi connectivity index (χ2v) is 15.5. The Morgan fingerprint density at radius 1 is 1.17 bits per heavy atom. The first kappa shape index (κ1) is 43.1. The number of aliphatic hydroxyl groups is 1. The summed E-state index contributed by atoms with van der Waals surface area (Å²) in [7, 11) is 5.31. The summed E-state index contributed by atoms with van der Waals surface area (Å²) in [6.45, 7) is 14.3. The van der Waals surface area contributed by atoms with E-state index in [1.54, 1.807) is 46.8 Å².